The number of amides is 1. The number of sulfonamides is 1. The first-order valence-corrected chi connectivity index (χ1v) is 12.2. The molecular formula is C22H30N4O3S. The van der Waals surface area contributed by atoms with Gasteiger partial charge in [-0.05, 0) is 68.4 Å². The first-order valence-electron chi connectivity index (χ1n) is 10.8. The number of rotatable bonds is 6. The Kier molecular flexibility index (Phi) is 5.97. The van der Waals surface area contributed by atoms with Crippen LogP contribution in [0.5, 0.6) is 0 Å². The van der Waals surface area contributed by atoms with Crippen LogP contribution in [-0.4, -0.2) is 42.5 Å². The van der Waals surface area contributed by atoms with E-state index in [2.05, 4.69) is 10.00 Å². The molecule has 1 heterocycles. The van der Waals surface area contributed by atoms with Crippen LogP contribution in [0.2, 0.25) is 0 Å². The molecular weight excluding hydrogens is 400 g/mol. The van der Waals surface area contributed by atoms with Crippen LogP contribution in [0.25, 0.3) is 0 Å². The molecule has 0 unspecified atom stereocenters. The molecule has 0 spiro atoms. The Balaban J connectivity index is 1.48. The van der Waals surface area contributed by atoms with Gasteiger partial charge in [0, 0.05) is 25.4 Å². The maximum Gasteiger partial charge on any atom is 0.251 e. The van der Waals surface area contributed by atoms with Crippen LogP contribution in [0.15, 0.2) is 29.2 Å². The molecule has 0 radical (unpaired) electrons. The van der Waals surface area contributed by atoms with Gasteiger partial charge >= 0.3 is 0 Å². The summed E-state index contributed by atoms with van der Waals surface area (Å²) in [6.45, 7) is 0.401. The fourth-order valence-corrected chi connectivity index (χ4v) is 5.45. The molecule has 8 heteroatoms. The van der Waals surface area contributed by atoms with Crippen LogP contribution in [0.3, 0.4) is 0 Å². The Morgan fingerprint density at radius 2 is 1.77 bits per heavy atom. The highest BCUT2D eigenvalue weighted by molar-refractivity contribution is 7.89. The van der Waals surface area contributed by atoms with E-state index in [1.165, 1.54) is 76.0 Å². The van der Waals surface area contributed by atoms with E-state index in [1.807, 2.05) is 0 Å². The molecule has 30 heavy (non-hydrogen) atoms. The molecule has 2 aromatic rings. The van der Waals surface area contributed by atoms with Crippen molar-refractivity contribution in [3.8, 4) is 0 Å². The number of fused-ring (bicyclic) bond motifs is 1. The van der Waals surface area contributed by atoms with Crippen LogP contribution in [0.4, 0.5) is 0 Å². The van der Waals surface area contributed by atoms with Gasteiger partial charge in [0.2, 0.25) is 10.0 Å². The predicted octanol–water partition coefficient (Wildman–Crippen LogP) is 3.06. The van der Waals surface area contributed by atoms with Gasteiger partial charge in [0.25, 0.3) is 5.91 Å². The van der Waals surface area contributed by atoms with Crippen molar-refractivity contribution in [1.29, 1.82) is 0 Å². The maximum absolute atomic E-state index is 12.6. The lowest BCUT2D eigenvalue weighted by molar-refractivity contribution is 0.0950. The summed E-state index contributed by atoms with van der Waals surface area (Å²) >= 11 is 0. The average Bonchev–Trinajstić information content (AvgIpc) is 3.40. The molecule has 162 valence electrons. The second-order valence-electron chi connectivity index (χ2n) is 8.46. The zero-order chi connectivity index (χ0) is 21.3. The summed E-state index contributed by atoms with van der Waals surface area (Å²) in [6.07, 6.45) is 9.42. The standard InChI is InChI=1S/C22H30N4O3S/c1-25(2)30(28,29)18-13-11-16(12-14-18)22(27)23-15-20-19-9-5-6-10-21(19)26(24-20)17-7-3-4-8-17/h11-14,17H,3-10,15H2,1-2H3,(H,23,27). The van der Waals surface area contributed by atoms with Gasteiger partial charge in [-0.3, -0.25) is 9.48 Å². The molecule has 2 aliphatic carbocycles. The van der Waals surface area contributed by atoms with Crippen LogP contribution in [0, 0.1) is 0 Å². The van der Waals surface area contributed by atoms with Crippen molar-refractivity contribution in [3.63, 3.8) is 0 Å². The Hall–Kier alpha value is -2.19. The fourth-order valence-electron chi connectivity index (χ4n) is 4.55. The highest BCUT2D eigenvalue weighted by Gasteiger charge is 2.27. The van der Waals surface area contributed by atoms with Gasteiger partial charge < -0.3 is 5.32 Å². The number of aromatic nitrogens is 2. The SMILES string of the molecule is CN(C)S(=O)(=O)c1ccc(C(=O)NCc2nn(C3CCCC3)c3c2CCCC3)cc1. The minimum atomic E-state index is -3.50. The molecule has 1 aromatic carbocycles. The summed E-state index contributed by atoms with van der Waals surface area (Å²) < 4.78 is 27.8. The minimum Gasteiger partial charge on any atom is -0.346 e. The first-order chi connectivity index (χ1) is 14.4. The highest BCUT2D eigenvalue weighted by atomic mass is 32.2. The molecule has 1 fully saturated rings. The molecule has 2 aliphatic rings. The number of hydrogen-bond acceptors (Lipinski definition) is 4. The lowest BCUT2D eigenvalue weighted by atomic mass is 9.95. The topological polar surface area (TPSA) is 84.3 Å². The largest absolute Gasteiger partial charge is 0.346 e. The summed E-state index contributed by atoms with van der Waals surface area (Å²) in [6, 6.07) is 6.56. The minimum absolute atomic E-state index is 0.174. The van der Waals surface area contributed by atoms with Crippen LogP contribution in [-0.2, 0) is 29.4 Å². The van der Waals surface area contributed by atoms with Crippen molar-refractivity contribution in [2.75, 3.05) is 14.1 Å². The third-order valence-corrected chi connectivity index (χ3v) is 8.10. The van der Waals surface area contributed by atoms with Crippen LogP contribution >= 0.6 is 0 Å². The molecule has 0 atom stereocenters. The van der Waals surface area contributed by atoms with Crippen molar-refractivity contribution in [2.45, 2.75) is 68.8 Å². The third-order valence-electron chi connectivity index (χ3n) is 6.27. The number of carbonyl (C=O) groups excluding carboxylic acids is 1. The first kappa shape index (κ1) is 21.1. The lowest BCUT2D eigenvalue weighted by Gasteiger charge is -2.18. The van der Waals surface area contributed by atoms with Gasteiger partial charge in [-0.15, -0.1) is 0 Å². The molecule has 7 nitrogen and oxygen atoms in total. The zero-order valence-corrected chi connectivity index (χ0v) is 18.5. The van der Waals surface area contributed by atoms with E-state index in [9.17, 15) is 13.2 Å². The summed E-state index contributed by atoms with van der Waals surface area (Å²) in [5.41, 5.74) is 4.12. The van der Waals surface area contributed by atoms with Gasteiger partial charge in [-0.1, -0.05) is 12.8 Å². The number of hydrogen-bond donors (Lipinski definition) is 1. The Labute approximate surface area is 178 Å². The van der Waals surface area contributed by atoms with Crippen molar-refractivity contribution < 1.29 is 13.2 Å². The number of nitrogens with one attached hydrogen (secondary N) is 1. The van der Waals surface area contributed by atoms with E-state index in [-0.39, 0.29) is 10.8 Å². The second-order valence-corrected chi connectivity index (χ2v) is 10.6. The fraction of sp³-hybridized carbons (Fsp3) is 0.545. The van der Waals surface area contributed by atoms with Crippen molar-refractivity contribution in [1.82, 2.24) is 19.4 Å². The Bertz CT molecular complexity index is 1020. The monoisotopic (exact) mass is 430 g/mol. The van der Waals surface area contributed by atoms with Crippen molar-refractivity contribution in [3.05, 3.63) is 46.8 Å². The summed E-state index contributed by atoms with van der Waals surface area (Å²) in [4.78, 5) is 12.8. The maximum atomic E-state index is 12.6. The molecule has 0 saturated heterocycles. The zero-order valence-electron chi connectivity index (χ0n) is 17.7. The van der Waals surface area contributed by atoms with Gasteiger partial charge in [0.1, 0.15) is 0 Å². The quantitative estimate of drug-likeness (QED) is 0.763. The van der Waals surface area contributed by atoms with E-state index < -0.39 is 10.0 Å². The Morgan fingerprint density at radius 1 is 1.10 bits per heavy atom. The van der Waals surface area contributed by atoms with Crippen molar-refractivity contribution >= 4 is 15.9 Å². The van der Waals surface area contributed by atoms with E-state index in [4.69, 9.17) is 5.10 Å². The van der Waals surface area contributed by atoms with Crippen LogP contribution in [0.1, 0.15) is 71.9 Å². The molecule has 1 amide bonds. The smallest absolute Gasteiger partial charge is 0.251 e. The predicted molar refractivity (Wildman–Crippen MR) is 115 cm³/mol. The van der Waals surface area contributed by atoms with E-state index in [0.717, 1.165) is 22.8 Å². The molecule has 1 aromatic heterocycles. The normalized spacial score (nSPS) is 17.3. The molecule has 0 aliphatic heterocycles. The van der Waals surface area contributed by atoms with Gasteiger partial charge in [-0.25, -0.2) is 12.7 Å². The van der Waals surface area contributed by atoms with E-state index in [0.29, 0.717) is 18.2 Å². The molecule has 4 rings (SSSR count). The van der Waals surface area contributed by atoms with Gasteiger partial charge in [0.15, 0.2) is 0 Å². The van der Waals surface area contributed by atoms with Crippen molar-refractivity contribution in [2.24, 2.45) is 0 Å². The second kappa shape index (κ2) is 8.51. The summed E-state index contributed by atoms with van der Waals surface area (Å²) in [7, 11) is -0.527. The number of benzene rings is 1. The average molecular weight is 431 g/mol. The summed E-state index contributed by atoms with van der Waals surface area (Å²) in [5.74, 6) is -0.219. The van der Waals surface area contributed by atoms with E-state index in [1.54, 1.807) is 12.1 Å². The Morgan fingerprint density at radius 3 is 2.43 bits per heavy atom. The molecule has 1 saturated carbocycles. The van der Waals surface area contributed by atoms with Gasteiger partial charge in [-0.2, -0.15) is 5.10 Å². The molecule has 1 N–H and O–H groups in total. The number of carbonyl (C=O) groups is 1. The van der Waals surface area contributed by atoms with E-state index >= 15 is 0 Å². The number of nitrogens with zero attached hydrogens (tertiary/aromatic N) is 3. The summed E-state index contributed by atoms with van der Waals surface area (Å²) in [5, 5.41) is 7.90. The van der Waals surface area contributed by atoms with Gasteiger partial charge in [0.05, 0.1) is 23.2 Å². The third kappa shape index (κ3) is 4.03. The lowest BCUT2D eigenvalue weighted by Crippen LogP contribution is -2.24. The molecule has 0 bridgehead atoms. The highest BCUT2D eigenvalue weighted by Crippen LogP contribution is 2.34. The van der Waals surface area contributed by atoms with Crippen LogP contribution < -0.4 is 5.32 Å².